The van der Waals surface area contributed by atoms with Crippen LogP contribution in [0.25, 0.3) is 0 Å². The van der Waals surface area contributed by atoms with Gasteiger partial charge in [-0.2, -0.15) is 0 Å². The molecule has 2 aliphatic rings. The summed E-state index contributed by atoms with van der Waals surface area (Å²) in [7, 11) is 0. The smallest absolute Gasteiger partial charge is 0.0900 e. The minimum Gasteiger partial charge on any atom is -0.391 e. The third-order valence-corrected chi connectivity index (χ3v) is 6.32. The van der Waals surface area contributed by atoms with E-state index in [2.05, 4.69) is 29.0 Å². The monoisotopic (exact) mass is 323 g/mol. The average molecular weight is 324 g/mol. The van der Waals surface area contributed by atoms with E-state index >= 15 is 0 Å². The first-order chi connectivity index (χ1) is 10.6. The largest absolute Gasteiger partial charge is 0.391 e. The molecule has 0 spiro atoms. The summed E-state index contributed by atoms with van der Waals surface area (Å²) in [5.74, 6) is 0. The van der Waals surface area contributed by atoms with Gasteiger partial charge in [0.1, 0.15) is 0 Å². The summed E-state index contributed by atoms with van der Waals surface area (Å²) in [6, 6.07) is 1.03. The quantitative estimate of drug-likeness (QED) is 0.894. The molecule has 2 atom stereocenters. The fourth-order valence-electron chi connectivity index (χ4n) is 3.93. The van der Waals surface area contributed by atoms with Gasteiger partial charge in [-0.25, -0.2) is 4.98 Å². The normalized spacial score (nSPS) is 28.1. The number of aliphatic hydroxyl groups is 1. The SMILES string of the molecule is Cc1nc(C)c(CNC2CCN(C3CCCCC3O)CC2)s1. The fourth-order valence-corrected chi connectivity index (χ4v) is 4.82. The Hall–Kier alpha value is -0.490. The number of piperidine rings is 1. The molecule has 2 unspecified atom stereocenters. The molecule has 0 bridgehead atoms. The number of rotatable bonds is 4. The molecular formula is C17H29N3OS. The number of hydrogen-bond donors (Lipinski definition) is 2. The molecule has 0 amide bonds. The van der Waals surface area contributed by atoms with Crippen molar-refractivity contribution >= 4 is 11.3 Å². The maximum Gasteiger partial charge on any atom is 0.0900 e. The van der Waals surface area contributed by atoms with Gasteiger partial charge in [-0.05, 0) is 39.5 Å². The van der Waals surface area contributed by atoms with E-state index in [1.54, 1.807) is 0 Å². The zero-order valence-corrected chi connectivity index (χ0v) is 14.7. The van der Waals surface area contributed by atoms with Crippen LogP contribution in [0.2, 0.25) is 0 Å². The predicted molar refractivity (Wildman–Crippen MR) is 91.3 cm³/mol. The van der Waals surface area contributed by atoms with Gasteiger partial charge in [0.15, 0.2) is 0 Å². The number of aliphatic hydroxyl groups excluding tert-OH is 1. The van der Waals surface area contributed by atoms with Crippen molar-refractivity contribution in [3.8, 4) is 0 Å². The molecule has 3 rings (SSSR count). The van der Waals surface area contributed by atoms with Gasteiger partial charge in [-0.1, -0.05) is 12.8 Å². The molecule has 2 heterocycles. The molecule has 22 heavy (non-hydrogen) atoms. The van der Waals surface area contributed by atoms with E-state index in [1.807, 2.05) is 11.3 Å². The molecule has 1 aromatic heterocycles. The molecule has 2 fully saturated rings. The highest BCUT2D eigenvalue weighted by molar-refractivity contribution is 7.11. The van der Waals surface area contributed by atoms with Crippen molar-refractivity contribution in [3.05, 3.63) is 15.6 Å². The van der Waals surface area contributed by atoms with E-state index in [0.717, 1.165) is 31.1 Å². The molecule has 1 saturated carbocycles. The van der Waals surface area contributed by atoms with Crippen molar-refractivity contribution < 1.29 is 5.11 Å². The summed E-state index contributed by atoms with van der Waals surface area (Å²) < 4.78 is 0. The lowest BCUT2D eigenvalue weighted by molar-refractivity contribution is 0.00715. The lowest BCUT2D eigenvalue weighted by atomic mass is 9.89. The average Bonchev–Trinajstić information content (AvgIpc) is 2.84. The zero-order valence-electron chi connectivity index (χ0n) is 13.8. The van der Waals surface area contributed by atoms with Gasteiger partial charge < -0.3 is 10.4 Å². The van der Waals surface area contributed by atoms with Crippen LogP contribution in [0.1, 0.15) is 54.1 Å². The summed E-state index contributed by atoms with van der Waals surface area (Å²) in [6.07, 6.45) is 6.94. The number of aromatic nitrogens is 1. The molecule has 0 aromatic carbocycles. The Labute approximate surface area is 137 Å². The number of nitrogens with zero attached hydrogens (tertiary/aromatic N) is 2. The molecule has 5 heteroatoms. The van der Waals surface area contributed by atoms with E-state index in [-0.39, 0.29) is 6.10 Å². The Morgan fingerprint density at radius 3 is 2.55 bits per heavy atom. The van der Waals surface area contributed by atoms with Gasteiger partial charge in [0, 0.05) is 36.6 Å². The van der Waals surface area contributed by atoms with Crippen LogP contribution < -0.4 is 5.32 Å². The van der Waals surface area contributed by atoms with Crippen molar-refractivity contribution in [2.45, 2.75) is 77.1 Å². The third-order valence-electron chi connectivity index (χ3n) is 5.24. The minimum atomic E-state index is -0.0962. The second-order valence-electron chi connectivity index (χ2n) is 6.85. The van der Waals surface area contributed by atoms with Gasteiger partial charge >= 0.3 is 0 Å². The minimum absolute atomic E-state index is 0.0962. The molecule has 1 aliphatic carbocycles. The molecular weight excluding hydrogens is 294 g/mol. The van der Waals surface area contributed by atoms with Crippen LogP contribution in [0.3, 0.4) is 0 Å². The van der Waals surface area contributed by atoms with Crippen molar-refractivity contribution in [1.82, 2.24) is 15.2 Å². The van der Waals surface area contributed by atoms with E-state index in [4.69, 9.17) is 0 Å². The van der Waals surface area contributed by atoms with E-state index < -0.39 is 0 Å². The maximum atomic E-state index is 10.2. The van der Waals surface area contributed by atoms with Crippen molar-refractivity contribution in [1.29, 1.82) is 0 Å². The Balaban J connectivity index is 1.44. The first kappa shape index (κ1) is 16.4. The Morgan fingerprint density at radius 2 is 1.91 bits per heavy atom. The number of nitrogens with one attached hydrogen (secondary N) is 1. The van der Waals surface area contributed by atoms with Crippen molar-refractivity contribution in [3.63, 3.8) is 0 Å². The number of hydrogen-bond acceptors (Lipinski definition) is 5. The summed E-state index contributed by atoms with van der Waals surface area (Å²) in [5.41, 5.74) is 1.18. The Kier molecular flexibility index (Phi) is 5.50. The molecule has 0 radical (unpaired) electrons. The Bertz CT molecular complexity index is 482. The van der Waals surface area contributed by atoms with Crippen molar-refractivity contribution in [2.24, 2.45) is 0 Å². The van der Waals surface area contributed by atoms with E-state index in [0.29, 0.717) is 12.1 Å². The first-order valence-corrected chi connectivity index (χ1v) is 9.53. The second kappa shape index (κ2) is 7.39. The number of thiazole rings is 1. The highest BCUT2D eigenvalue weighted by atomic mass is 32.1. The predicted octanol–water partition coefficient (Wildman–Crippen LogP) is 2.62. The van der Waals surface area contributed by atoms with Crippen LogP contribution in [0.4, 0.5) is 0 Å². The van der Waals surface area contributed by atoms with Crippen LogP contribution in [-0.4, -0.2) is 46.3 Å². The molecule has 4 nitrogen and oxygen atoms in total. The summed E-state index contributed by atoms with van der Waals surface area (Å²) >= 11 is 1.81. The fraction of sp³-hybridized carbons (Fsp3) is 0.824. The van der Waals surface area contributed by atoms with E-state index in [1.165, 1.54) is 42.7 Å². The third kappa shape index (κ3) is 3.88. The van der Waals surface area contributed by atoms with Crippen molar-refractivity contribution in [2.75, 3.05) is 13.1 Å². The van der Waals surface area contributed by atoms with Gasteiger partial charge in [-0.15, -0.1) is 11.3 Å². The van der Waals surface area contributed by atoms with Crippen LogP contribution in [0.5, 0.6) is 0 Å². The second-order valence-corrected chi connectivity index (χ2v) is 8.14. The van der Waals surface area contributed by atoms with Gasteiger partial charge in [-0.3, -0.25) is 4.90 Å². The lowest BCUT2D eigenvalue weighted by Crippen LogP contribution is -2.51. The number of likely N-dealkylation sites (tertiary alicyclic amines) is 1. The van der Waals surface area contributed by atoms with Gasteiger partial charge in [0.2, 0.25) is 0 Å². The maximum absolute atomic E-state index is 10.2. The Morgan fingerprint density at radius 1 is 1.18 bits per heavy atom. The molecule has 1 saturated heterocycles. The van der Waals surface area contributed by atoms with Crippen LogP contribution in [0, 0.1) is 13.8 Å². The zero-order chi connectivity index (χ0) is 15.5. The van der Waals surface area contributed by atoms with E-state index in [9.17, 15) is 5.11 Å². The number of aryl methyl sites for hydroxylation is 2. The molecule has 1 aliphatic heterocycles. The summed E-state index contributed by atoms with van der Waals surface area (Å²) in [5, 5.41) is 15.1. The first-order valence-electron chi connectivity index (χ1n) is 8.72. The van der Waals surface area contributed by atoms with Crippen LogP contribution >= 0.6 is 11.3 Å². The van der Waals surface area contributed by atoms with Crippen LogP contribution in [-0.2, 0) is 6.54 Å². The topological polar surface area (TPSA) is 48.4 Å². The van der Waals surface area contributed by atoms with Crippen LogP contribution in [0.15, 0.2) is 0 Å². The lowest BCUT2D eigenvalue weighted by Gasteiger charge is -2.41. The summed E-state index contributed by atoms with van der Waals surface area (Å²) in [6.45, 7) is 7.39. The highest BCUT2D eigenvalue weighted by Crippen LogP contribution is 2.26. The van der Waals surface area contributed by atoms with Gasteiger partial charge in [0.05, 0.1) is 16.8 Å². The molecule has 2 N–H and O–H groups in total. The molecule has 1 aromatic rings. The molecule has 124 valence electrons. The highest BCUT2D eigenvalue weighted by Gasteiger charge is 2.31. The standard InChI is InChI=1S/C17H29N3OS/c1-12-17(22-13(2)19-12)11-18-14-7-9-20(10-8-14)15-5-3-4-6-16(15)21/h14-16,18,21H,3-11H2,1-2H3. The van der Waals surface area contributed by atoms with Gasteiger partial charge in [0.25, 0.3) is 0 Å². The summed E-state index contributed by atoms with van der Waals surface area (Å²) in [4.78, 5) is 8.41.